The Morgan fingerprint density at radius 2 is 1.61 bits per heavy atom. The molecule has 124 valence electrons. The van der Waals surface area contributed by atoms with Crippen molar-refractivity contribution in [3.8, 4) is 23.0 Å². The molecule has 0 aliphatic carbocycles. The Morgan fingerprint density at radius 3 is 2.22 bits per heavy atom. The molecule has 0 aliphatic heterocycles. The highest BCUT2D eigenvalue weighted by Gasteiger charge is 2.24. The van der Waals surface area contributed by atoms with E-state index in [1.165, 1.54) is 32.4 Å². The molecule has 0 amide bonds. The molecular formula is C17H20O6. The average Bonchev–Trinajstić information content (AvgIpc) is 2.59. The number of benzene rings is 2. The first-order valence-electron chi connectivity index (χ1n) is 7.06. The van der Waals surface area contributed by atoms with Crippen molar-refractivity contribution in [2.24, 2.45) is 0 Å². The van der Waals surface area contributed by atoms with Crippen molar-refractivity contribution >= 4 is 0 Å². The van der Waals surface area contributed by atoms with Crippen LogP contribution < -0.4 is 14.2 Å². The van der Waals surface area contributed by atoms with Crippen LogP contribution in [0.5, 0.6) is 23.0 Å². The minimum absolute atomic E-state index is 0.0327. The number of aliphatic hydroxyl groups excluding tert-OH is 2. The molecule has 2 aromatic rings. The number of phenolic OH excluding ortho intramolecular Hbond substituents is 1. The summed E-state index contributed by atoms with van der Waals surface area (Å²) in [5, 5.41) is 29.6. The summed E-state index contributed by atoms with van der Waals surface area (Å²) in [5.41, 5.74) is 0.452. The van der Waals surface area contributed by atoms with Crippen molar-refractivity contribution in [1.29, 1.82) is 0 Å². The summed E-state index contributed by atoms with van der Waals surface area (Å²) in [6.07, 6.45) is -2.01. The lowest BCUT2D eigenvalue weighted by Crippen LogP contribution is -2.29. The molecule has 6 nitrogen and oxygen atoms in total. The van der Waals surface area contributed by atoms with E-state index in [0.717, 1.165) is 0 Å². The Bertz CT molecular complexity index is 643. The Labute approximate surface area is 134 Å². The monoisotopic (exact) mass is 320 g/mol. The third-order valence-corrected chi connectivity index (χ3v) is 3.42. The first-order valence-corrected chi connectivity index (χ1v) is 7.06. The number of aromatic hydroxyl groups is 1. The molecule has 0 heterocycles. The van der Waals surface area contributed by atoms with E-state index < -0.39 is 18.8 Å². The highest BCUT2D eigenvalue weighted by Crippen LogP contribution is 2.33. The summed E-state index contributed by atoms with van der Waals surface area (Å²) in [7, 11) is 2.93. The van der Waals surface area contributed by atoms with Crippen LogP contribution >= 0.6 is 0 Å². The highest BCUT2D eigenvalue weighted by atomic mass is 16.5. The number of phenols is 1. The lowest BCUT2D eigenvalue weighted by Gasteiger charge is -2.24. The van der Waals surface area contributed by atoms with Crippen LogP contribution in [-0.2, 0) is 0 Å². The zero-order valence-electron chi connectivity index (χ0n) is 13.0. The number of hydrogen-bond acceptors (Lipinski definition) is 6. The van der Waals surface area contributed by atoms with Gasteiger partial charge in [-0.15, -0.1) is 0 Å². The lowest BCUT2D eigenvalue weighted by atomic mass is 10.0. The van der Waals surface area contributed by atoms with Crippen LogP contribution in [0.15, 0.2) is 42.5 Å². The maximum atomic E-state index is 10.5. The van der Waals surface area contributed by atoms with Crippen LogP contribution in [0.25, 0.3) is 0 Å². The van der Waals surface area contributed by atoms with E-state index in [9.17, 15) is 15.3 Å². The van der Waals surface area contributed by atoms with E-state index in [4.69, 9.17) is 14.2 Å². The van der Waals surface area contributed by atoms with Crippen molar-refractivity contribution in [2.45, 2.75) is 12.2 Å². The van der Waals surface area contributed by atoms with E-state index in [1.807, 2.05) is 0 Å². The normalized spacial score (nSPS) is 13.2. The highest BCUT2D eigenvalue weighted by molar-refractivity contribution is 5.43. The van der Waals surface area contributed by atoms with Gasteiger partial charge in [-0.2, -0.15) is 0 Å². The van der Waals surface area contributed by atoms with Gasteiger partial charge in [0.1, 0.15) is 6.10 Å². The molecule has 0 unspecified atom stereocenters. The fourth-order valence-electron chi connectivity index (χ4n) is 2.17. The van der Waals surface area contributed by atoms with Crippen LogP contribution in [0, 0.1) is 0 Å². The Morgan fingerprint density at radius 1 is 0.957 bits per heavy atom. The zero-order chi connectivity index (χ0) is 16.8. The van der Waals surface area contributed by atoms with Crippen molar-refractivity contribution < 1.29 is 29.5 Å². The van der Waals surface area contributed by atoms with E-state index in [1.54, 1.807) is 24.3 Å². The van der Waals surface area contributed by atoms with Gasteiger partial charge in [0, 0.05) is 0 Å². The van der Waals surface area contributed by atoms with E-state index >= 15 is 0 Å². The SMILES string of the molecule is COc1cc([C@H](O)[C@H](CO)Oc2ccccc2OC)ccc1O. The van der Waals surface area contributed by atoms with Crippen LogP contribution in [0.3, 0.4) is 0 Å². The van der Waals surface area contributed by atoms with Gasteiger partial charge in [-0.25, -0.2) is 0 Å². The second-order valence-electron chi connectivity index (χ2n) is 4.87. The minimum atomic E-state index is -1.11. The molecule has 0 saturated carbocycles. The maximum Gasteiger partial charge on any atom is 0.161 e. The summed E-state index contributed by atoms with van der Waals surface area (Å²) >= 11 is 0. The second-order valence-corrected chi connectivity index (χ2v) is 4.87. The Balaban J connectivity index is 2.23. The molecule has 2 rings (SSSR count). The van der Waals surface area contributed by atoms with Gasteiger partial charge in [0.15, 0.2) is 29.1 Å². The molecule has 0 spiro atoms. The molecule has 0 saturated heterocycles. The summed E-state index contributed by atoms with van der Waals surface area (Å²) in [6, 6.07) is 11.4. The topological polar surface area (TPSA) is 88.4 Å². The fraction of sp³-hybridized carbons (Fsp3) is 0.294. The van der Waals surface area contributed by atoms with Crippen molar-refractivity contribution in [2.75, 3.05) is 20.8 Å². The van der Waals surface area contributed by atoms with Crippen LogP contribution in [0.2, 0.25) is 0 Å². The lowest BCUT2D eigenvalue weighted by molar-refractivity contribution is -0.000512. The molecule has 0 aromatic heterocycles. The molecule has 0 aliphatic rings. The van der Waals surface area contributed by atoms with Gasteiger partial charge in [-0.3, -0.25) is 0 Å². The Hall–Kier alpha value is -2.44. The van der Waals surface area contributed by atoms with Crippen LogP contribution in [-0.4, -0.2) is 42.3 Å². The number of methoxy groups -OCH3 is 2. The molecular weight excluding hydrogens is 300 g/mol. The van der Waals surface area contributed by atoms with Gasteiger partial charge in [0.2, 0.25) is 0 Å². The van der Waals surface area contributed by atoms with Crippen molar-refractivity contribution in [1.82, 2.24) is 0 Å². The van der Waals surface area contributed by atoms with E-state index in [-0.39, 0.29) is 11.5 Å². The summed E-state index contributed by atoms with van der Waals surface area (Å²) in [6.45, 7) is -0.400. The van der Waals surface area contributed by atoms with Gasteiger partial charge in [-0.05, 0) is 29.8 Å². The number of ether oxygens (including phenoxy) is 3. The van der Waals surface area contributed by atoms with E-state index in [2.05, 4.69) is 0 Å². The van der Waals surface area contributed by atoms with Crippen molar-refractivity contribution in [3.63, 3.8) is 0 Å². The summed E-state index contributed by atoms with van der Waals surface area (Å²) < 4.78 is 15.9. The molecule has 3 N–H and O–H groups in total. The van der Waals surface area contributed by atoms with Crippen molar-refractivity contribution in [3.05, 3.63) is 48.0 Å². The molecule has 2 aromatic carbocycles. The zero-order valence-corrected chi connectivity index (χ0v) is 13.0. The molecule has 23 heavy (non-hydrogen) atoms. The third kappa shape index (κ3) is 3.85. The number of aliphatic hydroxyl groups is 2. The van der Waals surface area contributed by atoms with Gasteiger partial charge < -0.3 is 29.5 Å². The molecule has 2 atom stereocenters. The molecule has 0 radical (unpaired) electrons. The first kappa shape index (κ1) is 16.9. The first-order chi connectivity index (χ1) is 11.1. The van der Waals surface area contributed by atoms with Gasteiger partial charge >= 0.3 is 0 Å². The van der Waals surface area contributed by atoms with Gasteiger partial charge in [-0.1, -0.05) is 18.2 Å². The predicted molar refractivity (Wildman–Crippen MR) is 84.1 cm³/mol. The van der Waals surface area contributed by atoms with Crippen LogP contribution in [0.1, 0.15) is 11.7 Å². The van der Waals surface area contributed by atoms with Crippen LogP contribution in [0.4, 0.5) is 0 Å². The largest absolute Gasteiger partial charge is 0.504 e. The quantitative estimate of drug-likeness (QED) is 0.722. The molecule has 0 fully saturated rings. The maximum absolute atomic E-state index is 10.5. The van der Waals surface area contributed by atoms with E-state index in [0.29, 0.717) is 17.1 Å². The average molecular weight is 320 g/mol. The fourth-order valence-corrected chi connectivity index (χ4v) is 2.17. The number of para-hydroxylation sites is 2. The second kappa shape index (κ2) is 7.71. The predicted octanol–water partition coefficient (Wildman–Crippen LogP) is 1.88. The number of rotatable bonds is 7. The standard InChI is InChI=1S/C17H20O6/c1-21-13-5-3-4-6-14(13)23-16(10-18)17(20)11-7-8-12(19)15(9-11)22-2/h3-9,16-20H,10H2,1-2H3/t16-,17-/m0/s1. The Kier molecular flexibility index (Phi) is 5.67. The molecule has 6 heteroatoms. The molecule has 0 bridgehead atoms. The van der Waals surface area contributed by atoms with Gasteiger partial charge in [0.25, 0.3) is 0 Å². The smallest absolute Gasteiger partial charge is 0.161 e. The van der Waals surface area contributed by atoms with Gasteiger partial charge in [0.05, 0.1) is 20.8 Å². The third-order valence-electron chi connectivity index (χ3n) is 3.42. The minimum Gasteiger partial charge on any atom is -0.504 e. The number of hydrogen-bond donors (Lipinski definition) is 3. The summed E-state index contributed by atoms with van der Waals surface area (Å²) in [5.74, 6) is 1.12. The summed E-state index contributed by atoms with van der Waals surface area (Å²) in [4.78, 5) is 0.